The van der Waals surface area contributed by atoms with Crippen LogP contribution >= 0.6 is 23.1 Å². The van der Waals surface area contributed by atoms with Crippen molar-refractivity contribution in [3.8, 4) is 21.1 Å². The van der Waals surface area contributed by atoms with Gasteiger partial charge in [0.2, 0.25) is 5.91 Å². The Morgan fingerprint density at radius 2 is 1.84 bits per heavy atom. The van der Waals surface area contributed by atoms with Crippen molar-refractivity contribution >= 4 is 34.7 Å². The Bertz CT molecular complexity index is 1330. The molecule has 32 heavy (non-hydrogen) atoms. The molecule has 0 fully saturated rings. The van der Waals surface area contributed by atoms with Crippen molar-refractivity contribution < 1.29 is 4.79 Å². The van der Waals surface area contributed by atoms with E-state index in [-0.39, 0.29) is 17.2 Å². The predicted molar refractivity (Wildman–Crippen MR) is 131 cm³/mol. The highest BCUT2D eigenvalue weighted by Crippen LogP contribution is 2.34. The number of carbonyl (C=O) groups excluding carboxylic acids is 1. The molecule has 0 saturated carbocycles. The van der Waals surface area contributed by atoms with Gasteiger partial charge in [-0.3, -0.25) is 9.59 Å². The zero-order valence-electron chi connectivity index (χ0n) is 17.9. The van der Waals surface area contributed by atoms with Crippen LogP contribution < -0.4 is 10.9 Å². The third-order valence-electron chi connectivity index (χ3n) is 4.78. The van der Waals surface area contributed by atoms with E-state index in [4.69, 9.17) is 0 Å². The van der Waals surface area contributed by atoms with Crippen LogP contribution in [0.2, 0.25) is 0 Å². The second-order valence-electron chi connectivity index (χ2n) is 7.39. The summed E-state index contributed by atoms with van der Waals surface area (Å²) in [5.74, 6) is -0.0198. The lowest BCUT2D eigenvalue weighted by Crippen LogP contribution is -2.16. The first-order valence-electron chi connectivity index (χ1n) is 10.0. The summed E-state index contributed by atoms with van der Waals surface area (Å²) >= 11 is 2.69. The maximum Gasteiger partial charge on any atom is 0.252 e. The topological polar surface area (TPSA) is 87.7 Å². The highest BCUT2D eigenvalue weighted by atomic mass is 32.2. The number of rotatable bonds is 6. The minimum absolute atomic E-state index is 0.136. The fraction of sp³-hybridized carbons (Fsp3) is 0.167. The molecule has 162 valence electrons. The molecule has 0 aliphatic rings. The Morgan fingerprint density at radius 3 is 2.62 bits per heavy atom. The summed E-state index contributed by atoms with van der Waals surface area (Å²) in [6.07, 6.45) is 0. The predicted octanol–water partition coefficient (Wildman–Crippen LogP) is 5.22. The number of amides is 1. The van der Waals surface area contributed by atoms with Gasteiger partial charge in [-0.05, 0) is 38.0 Å². The summed E-state index contributed by atoms with van der Waals surface area (Å²) in [6.45, 7) is 5.84. The summed E-state index contributed by atoms with van der Waals surface area (Å²) in [6, 6.07) is 17.3. The number of nitrogens with zero attached hydrogens (tertiary/aromatic N) is 2. The molecule has 0 aliphatic heterocycles. The molecule has 4 rings (SSSR count). The zero-order valence-corrected chi connectivity index (χ0v) is 19.6. The van der Waals surface area contributed by atoms with Crippen LogP contribution in [0.1, 0.15) is 16.8 Å². The van der Waals surface area contributed by atoms with Gasteiger partial charge in [-0.25, -0.2) is 9.97 Å². The van der Waals surface area contributed by atoms with Gasteiger partial charge in [0.05, 0.1) is 22.0 Å². The van der Waals surface area contributed by atoms with Crippen molar-refractivity contribution in [2.45, 2.75) is 25.9 Å². The van der Waals surface area contributed by atoms with Gasteiger partial charge < -0.3 is 10.3 Å². The Kier molecular flexibility index (Phi) is 6.53. The standard InChI is InChI=1S/C24H22N4O2S2/c1-14-9-10-15(2)18(11-14)26-21(30)13-31-24-27-19(12-20(29)28-24)22-16(3)25-23(32-22)17-7-5-4-6-8-17/h4-12H,13H2,1-3H3,(H,26,30)(H,27,28,29). The second-order valence-corrected chi connectivity index (χ2v) is 9.35. The van der Waals surface area contributed by atoms with Crippen molar-refractivity contribution in [1.82, 2.24) is 15.0 Å². The van der Waals surface area contributed by atoms with Gasteiger partial charge in [0.25, 0.3) is 5.56 Å². The van der Waals surface area contributed by atoms with Gasteiger partial charge >= 0.3 is 0 Å². The van der Waals surface area contributed by atoms with Gasteiger partial charge in [0, 0.05) is 17.3 Å². The molecule has 6 nitrogen and oxygen atoms in total. The molecule has 0 atom stereocenters. The largest absolute Gasteiger partial charge is 0.325 e. The molecule has 2 aromatic carbocycles. The van der Waals surface area contributed by atoms with Gasteiger partial charge in [0.15, 0.2) is 5.16 Å². The van der Waals surface area contributed by atoms with Crippen molar-refractivity contribution in [1.29, 1.82) is 0 Å². The molecule has 2 heterocycles. The SMILES string of the molecule is Cc1ccc(C)c(NC(=O)CSc2nc(-c3sc(-c4ccccc4)nc3C)cc(=O)[nH]2)c1. The molecule has 2 aromatic heterocycles. The van der Waals surface area contributed by atoms with E-state index in [0.29, 0.717) is 10.9 Å². The summed E-state index contributed by atoms with van der Waals surface area (Å²) in [7, 11) is 0. The number of aryl methyl sites for hydroxylation is 3. The van der Waals surface area contributed by atoms with E-state index in [0.717, 1.165) is 38.0 Å². The third kappa shape index (κ3) is 5.15. The lowest BCUT2D eigenvalue weighted by molar-refractivity contribution is -0.113. The Labute approximate surface area is 194 Å². The smallest absolute Gasteiger partial charge is 0.252 e. The number of aromatic amines is 1. The highest BCUT2D eigenvalue weighted by Gasteiger charge is 2.15. The molecule has 0 radical (unpaired) electrons. The number of aromatic nitrogens is 3. The molecule has 0 bridgehead atoms. The van der Waals surface area contributed by atoms with E-state index in [1.165, 1.54) is 29.2 Å². The molecule has 8 heteroatoms. The maximum atomic E-state index is 12.4. The molecular weight excluding hydrogens is 440 g/mol. The highest BCUT2D eigenvalue weighted by molar-refractivity contribution is 7.99. The van der Waals surface area contributed by atoms with E-state index in [9.17, 15) is 9.59 Å². The Balaban J connectivity index is 1.51. The number of nitrogens with one attached hydrogen (secondary N) is 2. The summed E-state index contributed by atoms with van der Waals surface area (Å²) in [5.41, 5.74) is 5.00. The molecule has 0 saturated heterocycles. The number of anilines is 1. The molecule has 0 spiro atoms. The zero-order chi connectivity index (χ0) is 22.7. The second kappa shape index (κ2) is 9.50. The summed E-state index contributed by atoms with van der Waals surface area (Å²) < 4.78 is 0. The first kappa shape index (κ1) is 22.0. The van der Waals surface area contributed by atoms with E-state index >= 15 is 0 Å². The van der Waals surface area contributed by atoms with Gasteiger partial charge in [-0.1, -0.05) is 54.2 Å². The fourth-order valence-electron chi connectivity index (χ4n) is 3.15. The van der Waals surface area contributed by atoms with Crippen LogP contribution in [0.3, 0.4) is 0 Å². The first-order chi connectivity index (χ1) is 15.4. The Morgan fingerprint density at radius 1 is 1.06 bits per heavy atom. The first-order valence-corrected chi connectivity index (χ1v) is 11.8. The number of hydrogen-bond acceptors (Lipinski definition) is 6. The van der Waals surface area contributed by atoms with E-state index < -0.39 is 0 Å². The number of thiazole rings is 1. The minimum Gasteiger partial charge on any atom is -0.325 e. The lowest BCUT2D eigenvalue weighted by Gasteiger charge is -2.09. The average Bonchev–Trinajstić information content (AvgIpc) is 3.17. The summed E-state index contributed by atoms with van der Waals surface area (Å²) in [4.78, 5) is 37.5. The van der Waals surface area contributed by atoms with Crippen molar-refractivity contribution in [2.75, 3.05) is 11.1 Å². The Hall–Kier alpha value is -3.23. The van der Waals surface area contributed by atoms with Gasteiger partial charge in [-0.2, -0.15) is 0 Å². The number of H-pyrrole nitrogens is 1. The third-order valence-corrected chi connectivity index (χ3v) is 6.88. The van der Waals surface area contributed by atoms with Crippen LogP contribution in [0.15, 0.2) is 64.5 Å². The van der Waals surface area contributed by atoms with Gasteiger partial charge in [0.1, 0.15) is 5.01 Å². The quantitative estimate of drug-likeness (QED) is 0.303. The van der Waals surface area contributed by atoms with E-state index in [1.54, 1.807) is 0 Å². The normalized spacial score (nSPS) is 10.8. The van der Waals surface area contributed by atoms with Crippen molar-refractivity contribution in [3.63, 3.8) is 0 Å². The van der Waals surface area contributed by atoms with Crippen LogP contribution in [0.5, 0.6) is 0 Å². The number of carbonyl (C=O) groups is 1. The molecule has 4 aromatic rings. The fourth-order valence-corrected chi connectivity index (χ4v) is 4.86. The van der Waals surface area contributed by atoms with Crippen LogP contribution in [0, 0.1) is 20.8 Å². The number of hydrogen-bond donors (Lipinski definition) is 2. The van der Waals surface area contributed by atoms with E-state index in [2.05, 4.69) is 20.3 Å². The average molecular weight is 463 g/mol. The monoisotopic (exact) mass is 462 g/mol. The number of thioether (sulfide) groups is 1. The van der Waals surface area contributed by atoms with Crippen molar-refractivity contribution in [2.24, 2.45) is 0 Å². The van der Waals surface area contributed by atoms with Crippen LogP contribution in [0.4, 0.5) is 5.69 Å². The van der Waals surface area contributed by atoms with Crippen LogP contribution in [0.25, 0.3) is 21.1 Å². The lowest BCUT2D eigenvalue weighted by atomic mass is 10.1. The van der Waals surface area contributed by atoms with Gasteiger partial charge in [-0.15, -0.1) is 11.3 Å². The minimum atomic E-state index is -0.263. The van der Waals surface area contributed by atoms with Crippen LogP contribution in [-0.4, -0.2) is 26.6 Å². The molecule has 2 N–H and O–H groups in total. The molecule has 1 amide bonds. The number of benzene rings is 2. The molecular formula is C24H22N4O2S2. The summed E-state index contributed by atoms with van der Waals surface area (Å²) in [5, 5.41) is 4.20. The van der Waals surface area contributed by atoms with Crippen LogP contribution in [-0.2, 0) is 4.79 Å². The van der Waals surface area contributed by atoms with Crippen molar-refractivity contribution in [3.05, 3.63) is 81.8 Å². The molecule has 0 unspecified atom stereocenters. The molecule has 0 aliphatic carbocycles. The van der Waals surface area contributed by atoms with E-state index in [1.807, 2.05) is 69.3 Å². The maximum absolute atomic E-state index is 12.4.